The van der Waals surface area contributed by atoms with E-state index >= 15 is 0 Å². The summed E-state index contributed by atoms with van der Waals surface area (Å²) in [5.74, 6) is 1.83. The molecule has 1 heterocycles. The minimum atomic E-state index is 0.485. The van der Waals surface area contributed by atoms with Crippen LogP contribution in [0.15, 0.2) is 0 Å². The summed E-state index contributed by atoms with van der Waals surface area (Å²) < 4.78 is 5.50. The maximum Gasteiger partial charge on any atom is 0.242 e. The van der Waals surface area contributed by atoms with E-state index in [0.29, 0.717) is 29.8 Å². The van der Waals surface area contributed by atoms with Crippen LogP contribution in [0.5, 0.6) is 5.88 Å². The number of ether oxygens (including phenoxy) is 1. The van der Waals surface area contributed by atoms with Gasteiger partial charge in [-0.1, -0.05) is 20.3 Å². The molecule has 0 saturated heterocycles. The van der Waals surface area contributed by atoms with E-state index in [1.165, 1.54) is 0 Å². The summed E-state index contributed by atoms with van der Waals surface area (Å²) in [6, 6.07) is 0. The normalized spacial score (nSPS) is 10.3. The Morgan fingerprint density at radius 2 is 2.00 bits per heavy atom. The average molecular weight is 238 g/mol. The second-order valence-electron chi connectivity index (χ2n) is 3.97. The van der Waals surface area contributed by atoms with E-state index in [2.05, 4.69) is 22.2 Å². The largest absolute Gasteiger partial charge is 0.476 e. The standard InChI is InChI=1S/C12H22N4O/c1-4-6-7-14-11-10(13)12(17-8-5-2)16-9(3)15-11/h4-8,13H2,1-3H3,(H,14,15,16). The SMILES string of the molecule is CCCCNc1nc(C)nc(OCCC)c1N. The van der Waals surface area contributed by atoms with Crippen molar-refractivity contribution in [2.75, 3.05) is 24.2 Å². The lowest BCUT2D eigenvalue weighted by Crippen LogP contribution is -2.10. The van der Waals surface area contributed by atoms with E-state index < -0.39 is 0 Å². The highest BCUT2D eigenvalue weighted by atomic mass is 16.5. The van der Waals surface area contributed by atoms with Gasteiger partial charge >= 0.3 is 0 Å². The predicted molar refractivity (Wildman–Crippen MR) is 70.4 cm³/mol. The first-order valence-corrected chi connectivity index (χ1v) is 6.19. The number of aryl methyl sites for hydroxylation is 1. The molecule has 0 aliphatic carbocycles. The number of hydrogen-bond donors (Lipinski definition) is 2. The van der Waals surface area contributed by atoms with Crippen LogP contribution in [-0.2, 0) is 0 Å². The monoisotopic (exact) mass is 238 g/mol. The van der Waals surface area contributed by atoms with Crippen molar-refractivity contribution in [3.8, 4) is 5.88 Å². The molecule has 0 amide bonds. The number of hydrogen-bond acceptors (Lipinski definition) is 5. The Kier molecular flexibility index (Phi) is 5.52. The third-order valence-corrected chi connectivity index (χ3v) is 2.29. The van der Waals surface area contributed by atoms with E-state index in [4.69, 9.17) is 10.5 Å². The summed E-state index contributed by atoms with van der Waals surface area (Å²) in [5, 5.41) is 3.22. The quantitative estimate of drug-likeness (QED) is 0.713. The minimum absolute atomic E-state index is 0.485. The average Bonchev–Trinajstić information content (AvgIpc) is 2.31. The van der Waals surface area contributed by atoms with Crippen LogP contribution >= 0.6 is 0 Å². The summed E-state index contributed by atoms with van der Waals surface area (Å²) in [5.41, 5.74) is 6.46. The first kappa shape index (κ1) is 13.5. The van der Waals surface area contributed by atoms with Crippen LogP contribution < -0.4 is 15.8 Å². The number of anilines is 2. The molecule has 0 atom stereocenters. The molecule has 1 rings (SSSR count). The lowest BCUT2D eigenvalue weighted by molar-refractivity contribution is 0.306. The van der Waals surface area contributed by atoms with Gasteiger partial charge in [0.2, 0.25) is 5.88 Å². The molecule has 0 spiro atoms. The van der Waals surface area contributed by atoms with E-state index in [-0.39, 0.29) is 0 Å². The van der Waals surface area contributed by atoms with Gasteiger partial charge in [-0.15, -0.1) is 0 Å². The Morgan fingerprint density at radius 1 is 1.24 bits per heavy atom. The van der Waals surface area contributed by atoms with Crippen molar-refractivity contribution in [2.45, 2.75) is 40.0 Å². The zero-order valence-electron chi connectivity index (χ0n) is 10.9. The van der Waals surface area contributed by atoms with Gasteiger partial charge in [0.05, 0.1) is 6.61 Å². The third kappa shape index (κ3) is 4.09. The Hall–Kier alpha value is -1.52. The number of nitrogens with zero attached hydrogens (tertiary/aromatic N) is 2. The minimum Gasteiger partial charge on any atom is -0.476 e. The van der Waals surface area contributed by atoms with Gasteiger partial charge in [0.25, 0.3) is 0 Å². The van der Waals surface area contributed by atoms with Crippen molar-refractivity contribution < 1.29 is 4.74 Å². The van der Waals surface area contributed by atoms with Gasteiger partial charge < -0.3 is 15.8 Å². The van der Waals surface area contributed by atoms with E-state index in [1.807, 2.05) is 13.8 Å². The summed E-state index contributed by atoms with van der Waals surface area (Å²) in [6.07, 6.45) is 3.16. The maximum absolute atomic E-state index is 5.96. The van der Waals surface area contributed by atoms with Crippen LogP contribution in [0.2, 0.25) is 0 Å². The lowest BCUT2D eigenvalue weighted by atomic mass is 10.3. The maximum atomic E-state index is 5.96. The molecule has 0 saturated carbocycles. The Morgan fingerprint density at radius 3 is 2.65 bits per heavy atom. The highest BCUT2D eigenvalue weighted by Gasteiger charge is 2.10. The summed E-state index contributed by atoms with van der Waals surface area (Å²) >= 11 is 0. The Balaban J connectivity index is 2.77. The zero-order valence-corrected chi connectivity index (χ0v) is 10.9. The molecule has 0 radical (unpaired) electrons. The molecule has 1 aromatic heterocycles. The highest BCUT2D eigenvalue weighted by Crippen LogP contribution is 2.25. The Labute approximate surface area is 103 Å². The van der Waals surface area contributed by atoms with Gasteiger partial charge in [0.1, 0.15) is 11.5 Å². The van der Waals surface area contributed by atoms with Gasteiger partial charge in [0.15, 0.2) is 5.82 Å². The van der Waals surface area contributed by atoms with Gasteiger partial charge in [0, 0.05) is 6.54 Å². The molecule has 1 aromatic rings. The molecule has 0 fully saturated rings. The second-order valence-corrected chi connectivity index (χ2v) is 3.97. The third-order valence-electron chi connectivity index (χ3n) is 2.29. The highest BCUT2D eigenvalue weighted by molar-refractivity contribution is 5.66. The molecule has 3 N–H and O–H groups in total. The molecule has 5 nitrogen and oxygen atoms in total. The first-order chi connectivity index (χ1) is 8.19. The molecule has 0 bridgehead atoms. The van der Waals surface area contributed by atoms with Crippen LogP contribution in [0.4, 0.5) is 11.5 Å². The summed E-state index contributed by atoms with van der Waals surface area (Å²) in [4.78, 5) is 8.49. The van der Waals surface area contributed by atoms with Crippen molar-refractivity contribution in [2.24, 2.45) is 0 Å². The molecule has 5 heteroatoms. The topological polar surface area (TPSA) is 73.1 Å². The second kappa shape index (κ2) is 6.93. The molecule has 0 aliphatic heterocycles. The lowest BCUT2D eigenvalue weighted by Gasteiger charge is -2.12. The number of unbranched alkanes of at least 4 members (excludes halogenated alkanes) is 1. The van der Waals surface area contributed by atoms with Crippen molar-refractivity contribution in [3.05, 3.63) is 5.82 Å². The molecule has 0 aliphatic rings. The summed E-state index contributed by atoms with van der Waals surface area (Å²) in [7, 11) is 0. The molecular weight excluding hydrogens is 216 g/mol. The number of nitrogens with two attached hydrogens (primary N) is 1. The smallest absolute Gasteiger partial charge is 0.242 e. The fourth-order valence-electron chi connectivity index (χ4n) is 1.38. The number of nitrogen functional groups attached to an aromatic ring is 1. The molecule has 17 heavy (non-hydrogen) atoms. The number of nitrogens with one attached hydrogen (secondary N) is 1. The molecular formula is C12H22N4O. The van der Waals surface area contributed by atoms with Crippen LogP contribution in [0, 0.1) is 6.92 Å². The molecule has 96 valence electrons. The van der Waals surface area contributed by atoms with Gasteiger partial charge in [-0.3, -0.25) is 0 Å². The first-order valence-electron chi connectivity index (χ1n) is 6.19. The molecule has 0 aromatic carbocycles. The van der Waals surface area contributed by atoms with Crippen molar-refractivity contribution in [3.63, 3.8) is 0 Å². The fraction of sp³-hybridized carbons (Fsp3) is 0.667. The number of aromatic nitrogens is 2. The van der Waals surface area contributed by atoms with Crippen molar-refractivity contribution in [1.29, 1.82) is 0 Å². The van der Waals surface area contributed by atoms with E-state index in [0.717, 1.165) is 25.8 Å². The van der Waals surface area contributed by atoms with Crippen LogP contribution in [0.1, 0.15) is 38.9 Å². The van der Waals surface area contributed by atoms with Gasteiger partial charge in [-0.05, 0) is 19.8 Å². The Bertz CT molecular complexity index is 355. The number of rotatable bonds is 7. The fourth-order valence-corrected chi connectivity index (χ4v) is 1.38. The predicted octanol–water partition coefficient (Wildman–Crippen LogP) is 2.37. The van der Waals surface area contributed by atoms with Gasteiger partial charge in [-0.2, -0.15) is 4.98 Å². The zero-order chi connectivity index (χ0) is 12.7. The van der Waals surface area contributed by atoms with Crippen LogP contribution in [-0.4, -0.2) is 23.1 Å². The van der Waals surface area contributed by atoms with Gasteiger partial charge in [-0.25, -0.2) is 4.98 Å². The van der Waals surface area contributed by atoms with E-state index in [9.17, 15) is 0 Å². The molecule has 0 unspecified atom stereocenters. The van der Waals surface area contributed by atoms with Crippen molar-refractivity contribution >= 4 is 11.5 Å². The van der Waals surface area contributed by atoms with E-state index in [1.54, 1.807) is 0 Å². The van der Waals surface area contributed by atoms with Crippen molar-refractivity contribution in [1.82, 2.24) is 9.97 Å². The summed E-state index contributed by atoms with van der Waals surface area (Å²) in [6.45, 7) is 7.51. The van der Waals surface area contributed by atoms with Crippen LogP contribution in [0.25, 0.3) is 0 Å². The van der Waals surface area contributed by atoms with Crippen LogP contribution in [0.3, 0.4) is 0 Å².